The summed E-state index contributed by atoms with van der Waals surface area (Å²) in [6.07, 6.45) is 4.35. The van der Waals surface area contributed by atoms with Gasteiger partial charge in [0.25, 0.3) is 0 Å². The molecule has 0 saturated carbocycles. The highest BCUT2D eigenvalue weighted by molar-refractivity contribution is 5.82. The monoisotopic (exact) mass is 513 g/mol. The molecule has 1 aliphatic heterocycles. The largest absolute Gasteiger partial charge is 0.372 e. The van der Waals surface area contributed by atoms with Gasteiger partial charge in [-0.15, -0.1) is 0 Å². The third-order valence-corrected chi connectivity index (χ3v) is 7.59. The lowest BCUT2D eigenvalue weighted by Crippen LogP contribution is -2.42. The summed E-state index contributed by atoms with van der Waals surface area (Å²) in [7, 11) is 0. The first-order chi connectivity index (χ1) is 18.5. The highest BCUT2D eigenvalue weighted by Crippen LogP contribution is 2.23. The molecule has 2 heterocycles. The summed E-state index contributed by atoms with van der Waals surface area (Å²) in [5.41, 5.74) is 6.12. The summed E-state index contributed by atoms with van der Waals surface area (Å²) in [5.74, 6) is 0.617. The Hall–Kier alpha value is -3.22. The number of carbonyl (C=O) groups excluding carboxylic acids is 1. The molecule has 4 rings (SSSR count). The number of aromatic nitrogens is 1. The van der Waals surface area contributed by atoms with Crippen LogP contribution in [0.1, 0.15) is 62.3 Å². The average Bonchev–Trinajstić information content (AvgIpc) is 3.35. The van der Waals surface area contributed by atoms with Gasteiger partial charge in [0.05, 0.1) is 6.04 Å². The van der Waals surface area contributed by atoms with Crippen molar-refractivity contribution in [2.24, 2.45) is 0 Å². The third-order valence-electron chi connectivity index (χ3n) is 7.59. The summed E-state index contributed by atoms with van der Waals surface area (Å²) >= 11 is 0. The molecule has 2 N–H and O–H groups in total. The van der Waals surface area contributed by atoms with Gasteiger partial charge in [-0.25, -0.2) is 0 Å². The maximum Gasteiger partial charge on any atom is 0.237 e. The van der Waals surface area contributed by atoms with Gasteiger partial charge >= 0.3 is 0 Å². The molecule has 2 atom stereocenters. The number of nitrogens with zero attached hydrogens (tertiary/aromatic N) is 3. The van der Waals surface area contributed by atoms with Crippen LogP contribution in [0.25, 0.3) is 0 Å². The summed E-state index contributed by atoms with van der Waals surface area (Å²) < 4.78 is 0. The molecule has 6 nitrogen and oxygen atoms in total. The quantitative estimate of drug-likeness (QED) is 0.353. The Kier molecular flexibility index (Phi) is 9.91. The van der Waals surface area contributed by atoms with E-state index in [0.717, 1.165) is 44.7 Å². The van der Waals surface area contributed by atoms with E-state index in [-0.39, 0.29) is 18.0 Å². The fourth-order valence-corrected chi connectivity index (χ4v) is 5.23. The van der Waals surface area contributed by atoms with Crippen molar-refractivity contribution in [3.63, 3.8) is 0 Å². The van der Waals surface area contributed by atoms with Crippen molar-refractivity contribution in [3.8, 4) is 0 Å². The van der Waals surface area contributed by atoms with Gasteiger partial charge in [0.2, 0.25) is 5.91 Å². The van der Waals surface area contributed by atoms with Gasteiger partial charge in [-0.1, -0.05) is 56.3 Å². The van der Waals surface area contributed by atoms with Crippen molar-refractivity contribution in [2.75, 3.05) is 24.5 Å². The van der Waals surface area contributed by atoms with Crippen LogP contribution in [0, 0.1) is 0 Å². The van der Waals surface area contributed by atoms with E-state index in [0.29, 0.717) is 12.5 Å². The standard InChI is InChI=1S/C32H43N5O/c1-5-36(6-2)30-15-11-26(12-16-30)22-37-23-29(34-20-25-9-13-28(14-10-25)24(3)4)18-31(37)32(38)35-21-27-8-7-17-33-19-27/h7-17,19,24,29,31,34H,5-6,18,20-23H2,1-4H3,(H,35,38)/t29-,31-/m0/s1. The zero-order valence-corrected chi connectivity index (χ0v) is 23.4. The van der Waals surface area contributed by atoms with Crippen molar-refractivity contribution in [3.05, 3.63) is 95.3 Å². The topological polar surface area (TPSA) is 60.5 Å². The molecule has 3 aromatic rings. The van der Waals surface area contributed by atoms with E-state index < -0.39 is 0 Å². The minimum absolute atomic E-state index is 0.0826. The Morgan fingerprint density at radius 1 is 0.974 bits per heavy atom. The van der Waals surface area contributed by atoms with Crippen molar-refractivity contribution in [2.45, 2.75) is 71.8 Å². The lowest BCUT2D eigenvalue weighted by Gasteiger charge is -2.25. The first kappa shape index (κ1) is 27.8. The molecule has 0 spiro atoms. The molecule has 0 aliphatic carbocycles. The van der Waals surface area contributed by atoms with E-state index in [4.69, 9.17) is 0 Å². The van der Waals surface area contributed by atoms with Crippen molar-refractivity contribution in [1.82, 2.24) is 20.5 Å². The lowest BCUT2D eigenvalue weighted by molar-refractivity contribution is -0.125. The smallest absolute Gasteiger partial charge is 0.237 e. The van der Waals surface area contributed by atoms with E-state index in [9.17, 15) is 4.79 Å². The van der Waals surface area contributed by atoms with Gasteiger partial charge < -0.3 is 15.5 Å². The summed E-state index contributed by atoms with van der Waals surface area (Å²) in [6, 6.07) is 21.7. The highest BCUT2D eigenvalue weighted by Gasteiger charge is 2.36. The minimum atomic E-state index is -0.171. The molecule has 202 valence electrons. The maximum absolute atomic E-state index is 13.4. The second-order valence-electron chi connectivity index (χ2n) is 10.6. The van der Waals surface area contributed by atoms with Gasteiger partial charge in [0, 0.05) is 63.4 Å². The average molecular weight is 514 g/mol. The van der Waals surface area contributed by atoms with E-state index in [1.54, 1.807) is 12.4 Å². The van der Waals surface area contributed by atoms with Gasteiger partial charge in [0.15, 0.2) is 0 Å². The summed E-state index contributed by atoms with van der Waals surface area (Å²) in [6.45, 7) is 13.7. The fourth-order valence-electron chi connectivity index (χ4n) is 5.23. The van der Waals surface area contributed by atoms with E-state index >= 15 is 0 Å². The molecular weight excluding hydrogens is 470 g/mol. The molecule has 0 unspecified atom stereocenters. The Balaban J connectivity index is 1.41. The zero-order valence-electron chi connectivity index (χ0n) is 23.4. The zero-order chi connectivity index (χ0) is 26.9. The Morgan fingerprint density at radius 2 is 1.68 bits per heavy atom. The molecule has 1 aliphatic rings. The molecule has 1 aromatic heterocycles. The number of hydrogen-bond donors (Lipinski definition) is 2. The van der Waals surface area contributed by atoms with Crippen molar-refractivity contribution >= 4 is 11.6 Å². The molecule has 1 saturated heterocycles. The first-order valence-electron chi connectivity index (χ1n) is 14.0. The second kappa shape index (κ2) is 13.5. The van der Waals surface area contributed by atoms with Crippen molar-refractivity contribution in [1.29, 1.82) is 0 Å². The minimum Gasteiger partial charge on any atom is -0.372 e. The highest BCUT2D eigenvalue weighted by atomic mass is 16.2. The Labute approximate surface area is 228 Å². The lowest BCUT2D eigenvalue weighted by atomic mass is 10.0. The number of carbonyl (C=O) groups is 1. The van der Waals surface area contributed by atoms with Crippen LogP contribution in [0.15, 0.2) is 73.1 Å². The van der Waals surface area contributed by atoms with Crippen LogP contribution in [-0.2, 0) is 24.4 Å². The van der Waals surface area contributed by atoms with Gasteiger partial charge in [-0.05, 0) is 66.6 Å². The van der Waals surface area contributed by atoms with Gasteiger partial charge in [-0.2, -0.15) is 0 Å². The predicted octanol–water partition coefficient (Wildman–Crippen LogP) is 5.10. The van der Waals surface area contributed by atoms with E-state index in [1.807, 2.05) is 12.1 Å². The van der Waals surface area contributed by atoms with Gasteiger partial charge in [0.1, 0.15) is 0 Å². The van der Waals surface area contributed by atoms with Crippen LogP contribution in [0.4, 0.5) is 5.69 Å². The molecule has 1 amide bonds. The molecule has 0 bridgehead atoms. The molecular formula is C32H43N5O. The van der Waals surface area contributed by atoms with Crippen LogP contribution in [-0.4, -0.2) is 47.5 Å². The molecule has 2 aromatic carbocycles. The Bertz CT molecular complexity index is 1130. The predicted molar refractivity (Wildman–Crippen MR) is 156 cm³/mol. The number of rotatable bonds is 12. The van der Waals surface area contributed by atoms with Crippen LogP contribution < -0.4 is 15.5 Å². The normalized spacial score (nSPS) is 17.6. The number of benzene rings is 2. The van der Waals surface area contributed by atoms with Crippen LogP contribution >= 0.6 is 0 Å². The van der Waals surface area contributed by atoms with Crippen LogP contribution in [0.3, 0.4) is 0 Å². The molecule has 0 radical (unpaired) electrons. The van der Waals surface area contributed by atoms with Gasteiger partial charge in [-0.3, -0.25) is 14.7 Å². The van der Waals surface area contributed by atoms with Crippen LogP contribution in [0.2, 0.25) is 0 Å². The molecule has 1 fully saturated rings. The number of amides is 1. The maximum atomic E-state index is 13.4. The molecule has 38 heavy (non-hydrogen) atoms. The third kappa shape index (κ3) is 7.42. The van der Waals surface area contributed by atoms with E-state index in [1.165, 1.54) is 22.4 Å². The fraction of sp³-hybridized carbons (Fsp3) is 0.438. The summed E-state index contributed by atoms with van der Waals surface area (Å²) in [4.78, 5) is 22.2. The number of nitrogens with one attached hydrogen (secondary N) is 2. The second-order valence-corrected chi connectivity index (χ2v) is 10.6. The number of anilines is 1. The van der Waals surface area contributed by atoms with Crippen LogP contribution in [0.5, 0.6) is 0 Å². The molecule has 6 heteroatoms. The van der Waals surface area contributed by atoms with Crippen molar-refractivity contribution < 1.29 is 4.79 Å². The summed E-state index contributed by atoms with van der Waals surface area (Å²) in [5, 5.41) is 6.87. The SMILES string of the molecule is CCN(CC)c1ccc(CN2C[C@@H](NCc3ccc(C(C)C)cc3)C[C@H]2C(=O)NCc2cccnc2)cc1. The van der Waals surface area contributed by atoms with E-state index in [2.05, 4.69) is 102 Å². The number of hydrogen-bond acceptors (Lipinski definition) is 5. The number of likely N-dealkylation sites (tertiary alicyclic amines) is 1. The number of pyridine rings is 1. The first-order valence-corrected chi connectivity index (χ1v) is 14.0. The Morgan fingerprint density at radius 3 is 2.32 bits per heavy atom.